The third kappa shape index (κ3) is 3.68. The zero-order chi connectivity index (χ0) is 16.6. The van der Waals surface area contributed by atoms with Crippen LogP contribution < -0.4 is 10.6 Å². The van der Waals surface area contributed by atoms with Gasteiger partial charge >= 0.3 is 12.0 Å². The highest BCUT2D eigenvalue weighted by molar-refractivity contribution is 6.29. The van der Waals surface area contributed by atoms with Crippen LogP contribution in [0, 0.1) is 11.3 Å². The fraction of sp³-hybridized carbons (Fsp3) is 0.571. The van der Waals surface area contributed by atoms with E-state index in [0.29, 0.717) is 6.42 Å². The van der Waals surface area contributed by atoms with Crippen molar-refractivity contribution in [3.63, 3.8) is 0 Å². The molecule has 1 heterocycles. The van der Waals surface area contributed by atoms with Crippen molar-refractivity contribution < 1.29 is 23.9 Å². The zero-order valence-corrected chi connectivity index (χ0v) is 12.8. The lowest BCUT2D eigenvalue weighted by atomic mass is 9.72. The number of imide groups is 2. The lowest BCUT2D eigenvalue weighted by molar-refractivity contribution is -0.170. The van der Waals surface area contributed by atoms with Gasteiger partial charge in [-0.2, -0.15) is 0 Å². The molecule has 4 amide bonds. The number of esters is 1. The Bertz CT molecular complexity index is 425. The first kappa shape index (κ1) is 18.8. The number of rotatable bonds is 4. The number of amides is 4. The smallest absolute Gasteiger partial charge is 0.331 e. The molecule has 0 aliphatic carbocycles. The lowest BCUT2D eigenvalue weighted by Crippen LogP contribution is -2.67. The van der Waals surface area contributed by atoms with Gasteiger partial charge in [0.25, 0.3) is 11.8 Å². The van der Waals surface area contributed by atoms with Crippen molar-refractivity contribution in [3.8, 4) is 0 Å². The summed E-state index contributed by atoms with van der Waals surface area (Å²) in [6, 6.07) is -0.923. The molecule has 1 saturated heterocycles. The van der Waals surface area contributed by atoms with Gasteiger partial charge in [0, 0.05) is 0 Å². The first-order chi connectivity index (χ1) is 9.82. The van der Waals surface area contributed by atoms with Crippen LogP contribution in [-0.4, -0.2) is 30.4 Å². The van der Waals surface area contributed by atoms with Crippen LogP contribution in [-0.2, 0) is 19.1 Å². The quantitative estimate of drug-likeness (QED) is 0.460. The van der Waals surface area contributed by atoms with Gasteiger partial charge in [-0.25, -0.2) is 4.79 Å². The Morgan fingerprint density at radius 3 is 2.05 bits per heavy atom. The van der Waals surface area contributed by atoms with E-state index in [1.54, 1.807) is 26.8 Å². The number of allylic oxidation sites excluding steroid dienone is 1. The maximum absolute atomic E-state index is 12.0. The molecule has 21 heavy (non-hydrogen) atoms. The second-order valence-electron chi connectivity index (χ2n) is 4.48. The van der Waals surface area contributed by atoms with Crippen molar-refractivity contribution in [2.45, 2.75) is 34.1 Å². The number of carbonyl (C=O) groups excluding carboxylic acids is 4. The van der Waals surface area contributed by atoms with Gasteiger partial charge in [0.05, 0.1) is 6.61 Å². The van der Waals surface area contributed by atoms with Crippen LogP contribution in [0.15, 0.2) is 12.7 Å². The molecule has 1 atom stereocenters. The van der Waals surface area contributed by atoms with Crippen LogP contribution in [0.1, 0.15) is 34.1 Å². The highest BCUT2D eigenvalue weighted by Gasteiger charge is 2.60. The predicted octanol–water partition coefficient (Wildman–Crippen LogP) is 1.14. The molecule has 118 valence electrons. The van der Waals surface area contributed by atoms with Crippen LogP contribution in [0.25, 0.3) is 0 Å². The molecule has 7 heteroatoms. The monoisotopic (exact) mass is 298 g/mol. The van der Waals surface area contributed by atoms with Gasteiger partial charge in [-0.3, -0.25) is 25.0 Å². The highest BCUT2D eigenvalue weighted by Crippen LogP contribution is 2.34. The number of urea groups is 1. The van der Waals surface area contributed by atoms with E-state index in [4.69, 9.17) is 4.74 Å². The van der Waals surface area contributed by atoms with Crippen molar-refractivity contribution in [3.05, 3.63) is 12.7 Å². The molecule has 1 fully saturated rings. The van der Waals surface area contributed by atoms with E-state index in [-0.39, 0.29) is 6.61 Å². The summed E-state index contributed by atoms with van der Waals surface area (Å²) in [4.78, 5) is 47.0. The van der Waals surface area contributed by atoms with Crippen molar-refractivity contribution in [2.75, 3.05) is 6.61 Å². The largest absolute Gasteiger partial charge is 0.465 e. The molecule has 2 N–H and O–H groups in total. The molecule has 0 radical (unpaired) electrons. The van der Waals surface area contributed by atoms with Crippen molar-refractivity contribution in [1.82, 2.24) is 10.6 Å². The Kier molecular flexibility index (Phi) is 7.33. The summed E-state index contributed by atoms with van der Waals surface area (Å²) in [6.45, 7) is 10.2. The fourth-order valence-corrected chi connectivity index (χ4v) is 1.92. The second kappa shape index (κ2) is 8.18. The number of ether oxygens (including phenoxy) is 1. The molecule has 1 aliphatic rings. The first-order valence-electron chi connectivity index (χ1n) is 6.73. The molecule has 0 bridgehead atoms. The minimum atomic E-state index is -1.99. The predicted molar refractivity (Wildman–Crippen MR) is 76.1 cm³/mol. The summed E-state index contributed by atoms with van der Waals surface area (Å²) in [5, 5.41) is 3.89. The lowest BCUT2D eigenvalue weighted by Gasteiger charge is -2.35. The summed E-state index contributed by atoms with van der Waals surface area (Å²) in [6.07, 6.45) is 2.16. The normalized spacial score (nSPS) is 17.6. The van der Waals surface area contributed by atoms with E-state index in [9.17, 15) is 19.2 Å². The van der Waals surface area contributed by atoms with Gasteiger partial charge in [0.15, 0.2) is 0 Å². The minimum absolute atomic E-state index is 0.0471. The summed E-state index contributed by atoms with van der Waals surface area (Å²) in [7, 11) is 0. The standard InChI is InChI=1S/C11H16N2O5.C3H6/c1-4-6(3)11(9(16)18-5-2)7(14)12-10(17)13-8(11)15;1-3-2/h6H,4-5H2,1-3H3,(H2,12,13,14,15,17);3H,1H2,2H3. The van der Waals surface area contributed by atoms with E-state index in [0.717, 1.165) is 0 Å². The Labute approximate surface area is 124 Å². The molecule has 1 rings (SSSR count). The number of carbonyl (C=O) groups is 4. The number of nitrogens with one attached hydrogen (secondary N) is 2. The van der Waals surface area contributed by atoms with Crippen molar-refractivity contribution in [1.29, 1.82) is 0 Å². The third-order valence-corrected chi connectivity index (χ3v) is 3.12. The molecule has 0 spiro atoms. The molecule has 0 saturated carbocycles. The van der Waals surface area contributed by atoms with E-state index in [1.165, 1.54) is 0 Å². The molecule has 0 aromatic heterocycles. The summed E-state index contributed by atoms with van der Waals surface area (Å²) in [5.74, 6) is -3.36. The molecule has 1 unspecified atom stereocenters. The van der Waals surface area contributed by atoms with E-state index < -0.39 is 35.1 Å². The number of barbiturate groups is 1. The Balaban J connectivity index is 0.00000122. The maximum Gasteiger partial charge on any atom is 0.331 e. The van der Waals surface area contributed by atoms with E-state index in [1.807, 2.05) is 17.6 Å². The average molecular weight is 298 g/mol. The molecule has 7 nitrogen and oxygen atoms in total. The number of hydrogen-bond acceptors (Lipinski definition) is 5. The second-order valence-corrected chi connectivity index (χ2v) is 4.48. The Morgan fingerprint density at radius 1 is 1.29 bits per heavy atom. The van der Waals surface area contributed by atoms with Gasteiger partial charge in [0.2, 0.25) is 5.41 Å². The van der Waals surface area contributed by atoms with Crippen LogP contribution >= 0.6 is 0 Å². The van der Waals surface area contributed by atoms with E-state index in [2.05, 4.69) is 6.58 Å². The van der Waals surface area contributed by atoms with Gasteiger partial charge in [-0.05, 0) is 19.8 Å². The zero-order valence-electron chi connectivity index (χ0n) is 12.8. The molecule has 0 aromatic rings. The molecule has 1 aliphatic heterocycles. The van der Waals surface area contributed by atoms with Crippen molar-refractivity contribution in [2.24, 2.45) is 11.3 Å². The van der Waals surface area contributed by atoms with Crippen LogP contribution in [0.5, 0.6) is 0 Å². The average Bonchev–Trinajstić information content (AvgIpc) is 2.39. The van der Waals surface area contributed by atoms with Crippen molar-refractivity contribution >= 4 is 23.8 Å². The SMILES string of the molecule is C=CC.CCOC(=O)C1(C(C)CC)C(=O)NC(=O)NC1=O. The summed E-state index contributed by atoms with van der Waals surface area (Å²) >= 11 is 0. The van der Waals surface area contributed by atoms with Crippen LogP contribution in [0.3, 0.4) is 0 Å². The summed E-state index contributed by atoms with van der Waals surface area (Å²) in [5.41, 5.74) is -1.99. The van der Waals surface area contributed by atoms with Gasteiger partial charge in [-0.1, -0.05) is 26.3 Å². The highest BCUT2D eigenvalue weighted by atomic mass is 16.5. The molecule has 0 aromatic carbocycles. The van der Waals surface area contributed by atoms with E-state index >= 15 is 0 Å². The van der Waals surface area contributed by atoms with Gasteiger partial charge < -0.3 is 4.74 Å². The Morgan fingerprint density at radius 2 is 1.71 bits per heavy atom. The topological polar surface area (TPSA) is 102 Å². The molecular weight excluding hydrogens is 276 g/mol. The molecular formula is C14H22N2O5. The summed E-state index contributed by atoms with van der Waals surface area (Å²) < 4.78 is 4.81. The van der Waals surface area contributed by atoms with Crippen LogP contribution in [0.2, 0.25) is 0 Å². The Hall–Kier alpha value is -2.18. The number of hydrogen-bond donors (Lipinski definition) is 2. The first-order valence-corrected chi connectivity index (χ1v) is 6.73. The maximum atomic E-state index is 12.0. The van der Waals surface area contributed by atoms with Gasteiger partial charge in [0.1, 0.15) is 0 Å². The minimum Gasteiger partial charge on any atom is -0.465 e. The third-order valence-electron chi connectivity index (χ3n) is 3.12. The fourth-order valence-electron chi connectivity index (χ4n) is 1.92. The van der Waals surface area contributed by atoms with Crippen LogP contribution in [0.4, 0.5) is 4.79 Å². The van der Waals surface area contributed by atoms with Gasteiger partial charge in [-0.15, -0.1) is 6.58 Å².